The fourth-order valence-corrected chi connectivity index (χ4v) is 4.13. The van der Waals surface area contributed by atoms with Crippen LogP contribution in [0.25, 0.3) is 0 Å². The second-order valence-electron chi connectivity index (χ2n) is 6.90. The van der Waals surface area contributed by atoms with Crippen LogP contribution in [0, 0.1) is 11.3 Å². The summed E-state index contributed by atoms with van der Waals surface area (Å²) < 4.78 is 5.50. The molecule has 3 nitrogen and oxygen atoms in total. The number of hydrogen-bond acceptors (Lipinski definition) is 3. The molecule has 3 heteroatoms. The Labute approximate surface area is 129 Å². The molecule has 1 aromatic rings. The zero-order chi connectivity index (χ0) is 15.3. The van der Waals surface area contributed by atoms with Gasteiger partial charge in [0.05, 0.1) is 7.11 Å². The summed E-state index contributed by atoms with van der Waals surface area (Å²) in [5, 5.41) is 0. The van der Waals surface area contributed by atoms with Crippen LogP contribution in [-0.4, -0.2) is 13.2 Å². The lowest BCUT2D eigenvalue weighted by molar-refractivity contribution is 0.154. The Bertz CT molecular complexity index is 439. The van der Waals surface area contributed by atoms with Crippen molar-refractivity contribution in [3.8, 4) is 5.75 Å². The Morgan fingerprint density at radius 1 is 1.24 bits per heavy atom. The molecular weight excluding hydrogens is 260 g/mol. The Balaban J connectivity index is 2.21. The smallest absolute Gasteiger partial charge is 0.122 e. The Morgan fingerprint density at radius 2 is 1.90 bits per heavy atom. The molecular formula is C18H30N2O. The number of nitrogens with one attached hydrogen (secondary N) is 1. The van der Waals surface area contributed by atoms with Gasteiger partial charge in [0.15, 0.2) is 0 Å². The SMILES string of the molecule is COc1ccccc1CC(NN)C1(CC(C)C)CCCC1. The normalized spacial score (nSPS) is 18.9. The summed E-state index contributed by atoms with van der Waals surface area (Å²) in [5.74, 6) is 7.64. The van der Waals surface area contributed by atoms with Crippen LogP contribution in [-0.2, 0) is 6.42 Å². The first kappa shape index (κ1) is 16.3. The van der Waals surface area contributed by atoms with Gasteiger partial charge in [-0.2, -0.15) is 0 Å². The predicted octanol–water partition coefficient (Wildman–Crippen LogP) is 3.68. The van der Waals surface area contributed by atoms with Crippen LogP contribution in [0.4, 0.5) is 0 Å². The Kier molecular flexibility index (Phi) is 5.65. The monoisotopic (exact) mass is 290 g/mol. The van der Waals surface area contributed by atoms with E-state index < -0.39 is 0 Å². The summed E-state index contributed by atoms with van der Waals surface area (Å²) in [7, 11) is 1.74. The number of hydrazine groups is 1. The number of nitrogens with two attached hydrogens (primary N) is 1. The fourth-order valence-electron chi connectivity index (χ4n) is 4.13. The average Bonchev–Trinajstić information content (AvgIpc) is 2.93. The van der Waals surface area contributed by atoms with Crippen LogP contribution in [0.15, 0.2) is 24.3 Å². The third kappa shape index (κ3) is 3.78. The molecule has 118 valence electrons. The highest BCUT2D eigenvalue weighted by atomic mass is 16.5. The molecule has 3 N–H and O–H groups in total. The second-order valence-corrected chi connectivity index (χ2v) is 6.90. The Hall–Kier alpha value is -1.06. The van der Waals surface area contributed by atoms with Crippen molar-refractivity contribution in [2.24, 2.45) is 17.2 Å². The van der Waals surface area contributed by atoms with Gasteiger partial charge in [-0.05, 0) is 48.6 Å². The van der Waals surface area contributed by atoms with Crippen LogP contribution < -0.4 is 16.0 Å². The molecule has 1 aliphatic rings. The van der Waals surface area contributed by atoms with Gasteiger partial charge in [-0.15, -0.1) is 0 Å². The lowest BCUT2D eigenvalue weighted by Gasteiger charge is -2.39. The van der Waals surface area contributed by atoms with E-state index in [9.17, 15) is 0 Å². The molecule has 21 heavy (non-hydrogen) atoms. The molecule has 1 fully saturated rings. The van der Waals surface area contributed by atoms with Gasteiger partial charge in [-0.3, -0.25) is 11.3 Å². The maximum atomic E-state index is 5.96. The predicted molar refractivity (Wildman–Crippen MR) is 88.2 cm³/mol. The number of ether oxygens (including phenoxy) is 1. The topological polar surface area (TPSA) is 47.3 Å². The standard InChI is InChI=1S/C18H30N2O/c1-14(2)13-18(10-6-7-11-18)17(20-19)12-15-8-4-5-9-16(15)21-3/h4-5,8-9,14,17,20H,6-7,10-13,19H2,1-3H3. The molecule has 0 aromatic heterocycles. The van der Waals surface area contributed by atoms with Gasteiger partial charge in [0, 0.05) is 6.04 Å². The van der Waals surface area contributed by atoms with Crippen LogP contribution in [0.2, 0.25) is 0 Å². The van der Waals surface area contributed by atoms with E-state index in [-0.39, 0.29) is 0 Å². The van der Waals surface area contributed by atoms with Crippen LogP contribution in [0.3, 0.4) is 0 Å². The number of methoxy groups -OCH3 is 1. The lowest BCUT2D eigenvalue weighted by atomic mass is 9.71. The minimum absolute atomic E-state index is 0.318. The van der Waals surface area contributed by atoms with E-state index >= 15 is 0 Å². The van der Waals surface area contributed by atoms with Gasteiger partial charge in [-0.1, -0.05) is 44.9 Å². The van der Waals surface area contributed by atoms with Crippen LogP contribution >= 0.6 is 0 Å². The molecule has 0 aliphatic heterocycles. The second kappa shape index (κ2) is 7.28. The maximum Gasteiger partial charge on any atom is 0.122 e. The van der Waals surface area contributed by atoms with E-state index in [1.165, 1.54) is 37.7 Å². The summed E-state index contributed by atoms with van der Waals surface area (Å²) in [6.07, 6.45) is 7.42. The first-order chi connectivity index (χ1) is 10.1. The van der Waals surface area contributed by atoms with E-state index in [1.807, 2.05) is 12.1 Å². The van der Waals surface area contributed by atoms with Crippen LogP contribution in [0.5, 0.6) is 5.75 Å². The van der Waals surface area contributed by atoms with Crippen molar-refractivity contribution in [1.29, 1.82) is 0 Å². The van der Waals surface area contributed by atoms with Gasteiger partial charge in [0.25, 0.3) is 0 Å². The summed E-state index contributed by atoms with van der Waals surface area (Å²) in [6.45, 7) is 4.63. The average molecular weight is 290 g/mol. The Morgan fingerprint density at radius 3 is 2.48 bits per heavy atom. The molecule has 1 atom stereocenters. The fraction of sp³-hybridized carbons (Fsp3) is 0.667. The van der Waals surface area contributed by atoms with Gasteiger partial charge >= 0.3 is 0 Å². The molecule has 1 unspecified atom stereocenters. The summed E-state index contributed by atoms with van der Waals surface area (Å²) in [5.41, 5.74) is 4.72. The van der Waals surface area contributed by atoms with Gasteiger partial charge in [0.1, 0.15) is 5.75 Å². The largest absolute Gasteiger partial charge is 0.496 e. The van der Waals surface area contributed by atoms with Crippen molar-refractivity contribution in [3.63, 3.8) is 0 Å². The van der Waals surface area contributed by atoms with Crippen molar-refractivity contribution in [1.82, 2.24) is 5.43 Å². The minimum atomic E-state index is 0.318. The highest BCUT2D eigenvalue weighted by Crippen LogP contribution is 2.46. The summed E-state index contributed by atoms with van der Waals surface area (Å²) in [6, 6.07) is 8.61. The number of hydrogen-bond donors (Lipinski definition) is 2. The molecule has 0 saturated heterocycles. The molecule has 0 bridgehead atoms. The summed E-state index contributed by atoms with van der Waals surface area (Å²) in [4.78, 5) is 0. The third-order valence-corrected chi connectivity index (χ3v) is 4.97. The molecule has 0 amide bonds. The lowest BCUT2D eigenvalue weighted by Crippen LogP contribution is -2.49. The van der Waals surface area contributed by atoms with Crippen molar-refractivity contribution < 1.29 is 4.74 Å². The van der Waals surface area contributed by atoms with E-state index in [0.717, 1.165) is 12.2 Å². The summed E-state index contributed by atoms with van der Waals surface area (Å²) >= 11 is 0. The highest BCUT2D eigenvalue weighted by molar-refractivity contribution is 5.34. The number of rotatable bonds is 7. The van der Waals surface area contributed by atoms with Gasteiger partial charge in [0.2, 0.25) is 0 Å². The van der Waals surface area contributed by atoms with Crippen molar-refractivity contribution in [3.05, 3.63) is 29.8 Å². The molecule has 1 aliphatic carbocycles. The van der Waals surface area contributed by atoms with E-state index in [0.29, 0.717) is 17.4 Å². The van der Waals surface area contributed by atoms with Crippen molar-refractivity contribution >= 4 is 0 Å². The van der Waals surface area contributed by atoms with Gasteiger partial charge in [-0.25, -0.2) is 0 Å². The zero-order valence-corrected chi connectivity index (χ0v) is 13.7. The molecule has 1 aromatic carbocycles. The quantitative estimate of drug-likeness (QED) is 0.595. The van der Waals surface area contributed by atoms with E-state index in [2.05, 4.69) is 31.4 Å². The van der Waals surface area contributed by atoms with E-state index in [4.69, 9.17) is 10.6 Å². The first-order valence-electron chi connectivity index (χ1n) is 8.19. The zero-order valence-electron chi connectivity index (χ0n) is 13.7. The molecule has 2 rings (SSSR count). The number of benzene rings is 1. The van der Waals surface area contributed by atoms with Crippen molar-refractivity contribution in [2.45, 2.75) is 58.4 Å². The third-order valence-electron chi connectivity index (χ3n) is 4.97. The first-order valence-corrected chi connectivity index (χ1v) is 8.19. The highest BCUT2D eigenvalue weighted by Gasteiger charge is 2.41. The molecule has 0 radical (unpaired) electrons. The molecule has 0 spiro atoms. The molecule has 1 saturated carbocycles. The van der Waals surface area contributed by atoms with Crippen LogP contribution in [0.1, 0.15) is 51.5 Å². The molecule has 0 heterocycles. The number of para-hydroxylation sites is 1. The van der Waals surface area contributed by atoms with Gasteiger partial charge < -0.3 is 4.74 Å². The maximum absolute atomic E-state index is 5.96. The van der Waals surface area contributed by atoms with Crippen molar-refractivity contribution in [2.75, 3.05) is 7.11 Å². The minimum Gasteiger partial charge on any atom is -0.496 e. The van der Waals surface area contributed by atoms with E-state index in [1.54, 1.807) is 7.11 Å².